The Hall–Kier alpha value is -9.30. The number of para-hydroxylation sites is 1. The predicted octanol–water partition coefficient (Wildman–Crippen LogP) is 19.6. The molecule has 0 N–H and O–H groups in total. The van der Waals surface area contributed by atoms with Crippen molar-refractivity contribution in [2.24, 2.45) is 0 Å². The quantitative estimate of drug-likeness (QED) is 0.125. The Morgan fingerprint density at radius 2 is 0.507 bits per heavy atom. The molecule has 1 heteroatoms. The van der Waals surface area contributed by atoms with Crippen molar-refractivity contribution < 1.29 is 0 Å². The molecule has 0 saturated carbocycles. The van der Waals surface area contributed by atoms with Crippen LogP contribution in [0.4, 0.5) is 17.1 Å². The summed E-state index contributed by atoms with van der Waals surface area (Å²) in [4.78, 5) is 2.42. The van der Waals surface area contributed by atoms with Crippen molar-refractivity contribution in [3.05, 3.63) is 297 Å². The van der Waals surface area contributed by atoms with E-state index < -0.39 is 0 Å². The minimum atomic E-state index is 1.07. The average molecular weight is 904 g/mol. The Kier molecular flexibility index (Phi) is 11.7. The molecule has 1 nitrogen and oxygen atoms in total. The average Bonchev–Trinajstić information content (AvgIpc) is 3.46. The molecule has 0 aliphatic carbocycles. The van der Waals surface area contributed by atoms with E-state index in [1.807, 2.05) is 0 Å². The lowest BCUT2D eigenvalue weighted by Gasteiger charge is -2.29. The van der Waals surface area contributed by atoms with Crippen molar-refractivity contribution >= 4 is 27.8 Å². The maximum absolute atomic E-state index is 2.42. The fraction of sp³-hybridized carbons (Fsp3) is 0. The summed E-state index contributed by atoms with van der Waals surface area (Å²) in [6.07, 6.45) is 0. The monoisotopic (exact) mass is 903 g/mol. The highest BCUT2D eigenvalue weighted by Gasteiger charge is 2.21. The Balaban J connectivity index is 0.966. The van der Waals surface area contributed by atoms with Gasteiger partial charge in [0.15, 0.2) is 0 Å². The lowest BCUT2D eigenvalue weighted by Crippen LogP contribution is -2.11. The van der Waals surface area contributed by atoms with Crippen LogP contribution < -0.4 is 4.90 Å². The summed E-state index contributed by atoms with van der Waals surface area (Å²) in [5.41, 5.74) is 22.2. The van der Waals surface area contributed by atoms with Gasteiger partial charge in [0.05, 0.1) is 5.69 Å². The standard InChI is InChI=1S/C70H49N/c1-4-19-50(20-5-1)58-47-59(51-21-6-2-7-22-51)49-60(48-58)54-41-45-62(46-42-54)71(61-43-39-53(40-44-61)52-35-37-57(38-36-52)64-33-18-26-56-25-10-11-27-63(56)64)70-34-17-16-32-69(70)68-31-15-14-30-67(68)66-29-13-12-28-65(66)55-23-8-3-9-24-55/h1-49H. The van der Waals surface area contributed by atoms with Crippen LogP contribution in [0.15, 0.2) is 297 Å². The summed E-state index contributed by atoms with van der Waals surface area (Å²) >= 11 is 0. The third kappa shape index (κ3) is 8.74. The second-order valence-corrected chi connectivity index (χ2v) is 18.0. The topological polar surface area (TPSA) is 3.24 Å². The molecule has 0 aromatic heterocycles. The molecule has 0 heterocycles. The van der Waals surface area contributed by atoms with Gasteiger partial charge in [-0.1, -0.05) is 249 Å². The van der Waals surface area contributed by atoms with Crippen molar-refractivity contribution in [3.8, 4) is 89.0 Å². The minimum absolute atomic E-state index is 1.07. The van der Waals surface area contributed by atoms with Crippen molar-refractivity contribution in [2.45, 2.75) is 0 Å². The van der Waals surface area contributed by atoms with Gasteiger partial charge in [-0.05, 0) is 143 Å². The van der Waals surface area contributed by atoms with Crippen LogP contribution >= 0.6 is 0 Å². The maximum Gasteiger partial charge on any atom is 0.0540 e. The predicted molar refractivity (Wildman–Crippen MR) is 302 cm³/mol. The molecule has 0 aliphatic heterocycles. The van der Waals surface area contributed by atoms with E-state index in [1.54, 1.807) is 0 Å². The molecule has 12 aromatic rings. The molecule has 0 amide bonds. The van der Waals surface area contributed by atoms with Crippen LogP contribution in [0, 0.1) is 0 Å². The van der Waals surface area contributed by atoms with Gasteiger partial charge in [-0.25, -0.2) is 0 Å². The summed E-state index contributed by atoms with van der Waals surface area (Å²) in [7, 11) is 0. The zero-order chi connectivity index (χ0) is 47.3. The molecule has 0 spiro atoms. The fourth-order valence-corrected chi connectivity index (χ4v) is 10.2. The zero-order valence-corrected chi connectivity index (χ0v) is 39.2. The van der Waals surface area contributed by atoms with Gasteiger partial charge in [0, 0.05) is 16.9 Å². The molecular weight excluding hydrogens is 855 g/mol. The van der Waals surface area contributed by atoms with E-state index >= 15 is 0 Å². The third-order valence-corrected chi connectivity index (χ3v) is 13.7. The molecule has 0 bridgehead atoms. The molecule has 71 heavy (non-hydrogen) atoms. The summed E-state index contributed by atoms with van der Waals surface area (Å²) in [5.74, 6) is 0. The van der Waals surface area contributed by atoms with E-state index in [0.29, 0.717) is 0 Å². The first-order valence-electron chi connectivity index (χ1n) is 24.4. The van der Waals surface area contributed by atoms with Gasteiger partial charge in [-0.3, -0.25) is 0 Å². The van der Waals surface area contributed by atoms with Crippen LogP contribution in [0.1, 0.15) is 0 Å². The molecule has 0 saturated heterocycles. The van der Waals surface area contributed by atoms with Crippen molar-refractivity contribution in [1.29, 1.82) is 0 Å². The van der Waals surface area contributed by atoms with Gasteiger partial charge in [0.2, 0.25) is 0 Å². The highest BCUT2D eigenvalue weighted by Crippen LogP contribution is 2.46. The smallest absolute Gasteiger partial charge is 0.0540 e. The number of hydrogen-bond donors (Lipinski definition) is 0. The van der Waals surface area contributed by atoms with E-state index in [1.165, 1.54) is 83.1 Å². The summed E-state index contributed by atoms with van der Waals surface area (Å²) in [5, 5.41) is 2.52. The number of rotatable bonds is 11. The van der Waals surface area contributed by atoms with E-state index in [0.717, 1.165) is 33.8 Å². The molecule has 334 valence electrons. The largest absolute Gasteiger partial charge is 0.310 e. The first-order chi connectivity index (χ1) is 35.2. The van der Waals surface area contributed by atoms with Gasteiger partial charge in [0.1, 0.15) is 0 Å². The van der Waals surface area contributed by atoms with Gasteiger partial charge in [-0.15, -0.1) is 0 Å². The van der Waals surface area contributed by atoms with E-state index in [4.69, 9.17) is 0 Å². The van der Waals surface area contributed by atoms with Crippen molar-refractivity contribution in [3.63, 3.8) is 0 Å². The zero-order valence-electron chi connectivity index (χ0n) is 39.2. The fourth-order valence-electron chi connectivity index (χ4n) is 10.2. The summed E-state index contributed by atoms with van der Waals surface area (Å²) < 4.78 is 0. The summed E-state index contributed by atoms with van der Waals surface area (Å²) in [6, 6.07) is 108. The molecular formula is C70H49N. The van der Waals surface area contributed by atoms with Crippen LogP contribution in [-0.2, 0) is 0 Å². The Morgan fingerprint density at radius 3 is 1.06 bits per heavy atom. The van der Waals surface area contributed by atoms with Gasteiger partial charge in [0.25, 0.3) is 0 Å². The molecule has 12 rings (SSSR count). The lowest BCUT2D eigenvalue weighted by molar-refractivity contribution is 1.28. The Bertz CT molecular complexity index is 3700. The first-order valence-corrected chi connectivity index (χ1v) is 24.4. The normalized spacial score (nSPS) is 11.1. The molecule has 0 fully saturated rings. The molecule has 0 aliphatic rings. The van der Waals surface area contributed by atoms with Crippen LogP contribution in [0.5, 0.6) is 0 Å². The van der Waals surface area contributed by atoms with Gasteiger partial charge >= 0.3 is 0 Å². The number of anilines is 3. The highest BCUT2D eigenvalue weighted by atomic mass is 15.1. The first kappa shape index (κ1) is 43.0. The molecule has 0 atom stereocenters. The Morgan fingerprint density at radius 1 is 0.183 bits per heavy atom. The summed E-state index contributed by atoms with van der Waals surface area (Å²) in [6.45, 7) is 0. The molecule has 0 unspecified atom stereocenters. The third-order valence-electron chi connectivity index (χ3n) is 13.7. The van der Waals surface area contributed by atoms with E-state index in [-0.39, 0.29) is 0 Å². The van der Waals surface area contributed by atoms with Gasteiger partial charge in [-0.2, -0.15) is 0 Å². The maximum atomic E-state index is 2.42. The van der Waals surface area contributed by atoms with Crippen LogP contribution in [0.3, 0.4) is 0 Å². The second-order valence-electron chi connectivity index (χ2n) is 18.0. The van der Waals surface area contributed by atoms with Crippen LogP contribution in [0.25, 0.3) is 99.8 Å². The molecule has 12 aromatic carbocycles. The highest BCUT2D eigenvalue weighted by molar-refractivity contribution is 5.99. The van der Waals surface area contributed by atoms with E-state index in [9.17, 15) is 0 Å². The van der Waals surface area contributed by atoms with Crippen LogP contribution in [-0.4, -0.2) is 0 Å². The minimum Gasteiger partial charge on any atom is -0.310 e. The number of nitrogens with zero attached hydrogens (tertiary/aromatic N) is 1. The SMILES string of the molecule is c1ccc(-c2cc(-c3ccccc3)cc(-c3ccc(N(c4ccc(-c5ccc(-c6cccc7ccccc67)cc5)cc4)c4ccccc4-c4ccccc4-c4ccccc4-c4ccccc4)cc3)c2)cc1. The van der Waals surface area contributed by atoms with Crippen LogP contribution in [0.2, 0.25) is 0 Å². The van der Waals surface area contributed by atoms with Crippen molar-refractivity contribution in [1.82, 2.24) is 0 Å². The number of hydrogen-bond acceptors (Lipinski definition) is 1. The lowest BCUT2D eigenvalue weighted by atomic mass is 9.88. The number of fused-ring (bicyclic) bond motifs is 1. The second kappa shape index (κ2) is 19.4. The Labute approximate surface area is 416 Å². The molecule has 0 radical (unpaired) electrons. The number of benzene rings is 12. The van der Waals surface area contributed by atoms with Gasteiger partial charge < -0.3 is 4.90 Å². The van der Waals surface area contributed by atoms with Crippen molar-refractivity contribution in [2.75, 3.05) is 4.90 Å². The van der Waals surface area contributed by atoms with E-state index in [2.05, 4.69) is 302 Å².